The number of nitrogens with zero attached hydrogens (tertiary/aromatic N) is 2. The zero-order valence-electron chi connectivity index (χ0n) is 13.6. The molecule has 3 N–H and O–H groups in total. The first-order valence-corrected chi connectivity index (χ1v) is 8.95. The van der Waals surface area contributed by atoms with Gasteiger partial charge in [-0.25, -0.2) is 22.9 Å². The Morgan fingerprint density at radius 1 is 1.33 bits per heavy atom. The third-order valence-electron chi connectivity index (χ3n) is 3.44. The number of hydrogen-bond donors (Lipinski definition) is 3. The maximum absolute atomic E-state index is 11.9. The average molecular weight is 351 g/mol. The molecule has 1 aromatic heterocycles. The highest BCUT2D eigenvalue weighted by Crippen LogP contribution is 2.19. The van der Waals surface area contributed by atoms with Gasteiger partial charge >= 0.3 is 6.03 Å². The van der Waals surface area contributed by atoms with Crippen LogP contribution in [-0.2, 0) is 16.6 Å². The van der Waals surface area contributed by atoms with Gasteiger partial charge in [-0.05, 0) is 38.1 Å². The summed E-state index contributed by atoms with van der Waals surface area (Å²) in [6, 6.07) is 4.37. The molecule has 2 amide bonds. The van der Waals surface area contributed by atoms with Crippen LogP contribution in [-0.4, -0.2) is 37.6 Å². The minimum Gasteiger partial charge on any atom is -0.338 e. The Hall–Kier alpha value is -2.39. The van der Waals surface area contributed by atoms with Crippen LogP contribution in [0, 0.1) is 6.92 Å². The number of anilines is 1. The van der Waals surface area contributed by atoms with Gasteiger partial charge in [0.2, 0.25) is 10.0 Å². The van der Waals surface area contributed by atoms with Crippen LogP contribution in [0.1, 0.15) is 12.0 Å². The Morgan fingerprint density at radius 2 is 2.12 bits per heavy atom. The molecular formula is C15H21N5O3S. The van der Waals surface area contributed by atoms with Crippen LogP contribution in [0.2, 0.25) is 0 Å². The van der Waals surface area contributed by atoms with Crippen LogP contribution < -0.4 is 15.4 Å². The summed E-state index contributed by atoms with van der Waals surface area (Å²) in [6.07, 6.45) is 6.04. The van der Waals surface area contributed by atoms with E-state index in [2.05, 4.69) is 20.3 Å². The number of carbonyl (C=O) groups is 1. The zero-order valence-corrected chi connectivity index (χ0v) is 14.4. The van der Waals surface area contributed by atoms with E-state index in [0.717, 1.165) is 13.0 Å². The Kier molecular flexibility index (Phi) is 5.93. The molecule has 0 unspecified atom stereocenters. The van der Waals surface area contributed by atoms with Gasteiger partial charge in [0.15, 0.2) is 0 Å². The minimum atomic E-state index is -3.56. The quantitative estimate of drug-likeness (QED) is 0.654. The number of carbonyl (C=O) groups excluding carboxylic acids is 1. The molecule has 2 rings (SSSR count). The molecule has 0 saturated carbocycles. The van der Waals surface area contributed by atoms with Crippen molar-refractivity contribution in [2.24, 2.45) is 0 Å². The third-order valence-corrected chi connectivity index (χ3v) is 5.00. The average Bonchev–Trinajstić information content (AvgIpc) is 3.06. The molecule has 0 aliphatic rings. The van der Waals surface area contributed by atoms with Gasteiger partial charge in [-0.3, -0.25) is 0 Å². The lowest BCUT2D eigenvalue weighted by Crippen LogP contribution is -2.30. The van der Waals surface area contributed by atoms with Crippen molar-refractivity contribution in [3.05, 3.63) is 42.5 Å². The van der Waals surface area contributed by atoms with E-state index in [-0.39, 0.29) is 10.9 Å². The predicted molar refractivity (Wildman–Crippen MR) is 91.3 cm³/mol. The summed E-state index contributed by atoms with van der Waals surface area (Å²) in [5.41, 5.74) is 1.03. The molecule has 1 aromatic carbocycles. The minimum absolute atomic E-state index is 0.142. The summed E-state index contributed by atoms with van der Waals surface area (Å²) in [7, 11) is -2.21. The number of aryl methyl sites for hydroxylation is 2. The van der Waals surface area contributed by atoms with Crippen LogP contribution in [0.5, 0.6) is 0 Å². The standard InChI is InChI=1S/C15H21N5O3S/c1-12-4-5-13(10-14(12)24(22,23)16-2)19-15(21)18-6-3-8-20-9-7-17-11-20/h4-5,7,9-11,16H,3,6,8H2,1-2H3,(H2,18,19,21). The number of rotatable bonds is 7. The SMILES string of the molecule is CNS(=O)(=O)c1cc(NC(=O)NCCCn2ccnc2)ccc1C. The molecule has 2 aromatic rings. The van der Waals surface area contributed by atoms with Gasteiger partial charge in [0.05, 0.1) is 11.2 Å². The normalized spacial score (nSPS) is 11.2. The van der Waals surface area contributed by atoms with Crippen molar-refractivity contribution in [1.82, 2.24) is 19.6 Å². The van der Waals surface area contributed by atoms with Crippen molar-refractivity contribution in [1.29, 1.82) is 0 Å². The van der Waals surface area contributed by atoms with Crippen molar-refractivity contribution in [2.45, 2.75) is 24.8 Å². The number of benzene rings is 1. The number of aromatic nitrogens is 2. The van der Waals surface area contributed by atoms with E-state index >= 15 is 0 Å². The predicted octanol–water partition coefficient (Wildman–Crippen LogP) is 1.31. The zero-order chi connectivity index (χ0) is 17.6. The van der Waals surface area contributed by atoms with E-state index in [4.69, 9.17) is 0 Å². The Morgan fingerprint density at radius 3 is 2.79 bits per heavy atom. The van der Waals surface area contributed by atoms with Gasteiger partial charge in [-0.15, -0.1) is 0 Å². The topological polar surface area (TPSA) is 105 Å². The van der Waals surface area contributed by atoms with Crippen molar-refractivity contribution in [2.75, 3.05) is 18.9 Å². The second-order valence-electron chi connectivity index (χ2n) is 5.22. The number of nitrogens with one attached hydrogen (secondary N) is 3. The van der Waals surface area contributed by atoms with Gasteiger partial charge in [-0.1, -0.05) is 6.07 Å². The third kappa shape index (κ3) is 4.80. The van der Waals surface area contributed by atoms with Gasteiger partial charge in [0.25, 0.3) is 0 Å². The van der Waals surface area contributed by atoms with Crippen molar-refractivity contribution < 1.29 is 13.2 Å². The highest BCUT2D eigenvalue weighted by atomic mass is 32.2. The fourth-order valence-electron chi connectivity index (χ4n) is 2.14. The molecule has 24 heavy (non-hydrogen) atoms. The van der Waals surface area contributed by atoms with E-state index in [9.17, 15) is 13.2 Å². The fourth-order valence-corrected chi connectivity index (χ4v) is 3.13. The molecule has 0 bridgehead atoms. The Balaban J connectivity index is 1.88. The lowest BCUT2D eigenvalue weighted by molar-refractivity contribution is 0.252. The monoisotopic (exact) mass is 351 g/mol. The van der Waals surface area contributed by atoms with Crippen molar-refractivity contribution in [3.63, 3.8) is 0 Å². The fraction of sp³-hybridized carbons (Fsp3) is 0.333. The first-order chi connectivity index (χ1) is 11.4. The second kappa shape index (κ2) is 7.93. The van der Waals surface area contributed by atoms with E-state index in [0.29, 0.717) is 17.8 Å². The lowest BCUT2D eigenvalue weighted by atomic mass is 10.2. The van der Waals surface area contributed by atoms with Gasteiger partial charge in [0.1, 0.15) is 0 Å². The number of urea groups is 1. The number of hydrogen-bond acceptors (Lipinski definition) is 4. The molecule has 0 fully saturated rings. The van der Waals surface area contributed by atoms with Gasteiger partial charge < -0.3 is 15.2 Å². The summed E-state index contributed by atoms with van der Waals surface area (Å²) in [4.78, 5) is 16.0. The number of imidazole rings is 1. The number of amides is 2. The Bertz CT molecular complexity index is 787. The number of sulfonamides is 1. The molecule has 1 heterocycles. The maximum Gasteiger partial charge on any atom is 0.319 e. The van der Waals surface area contributed by atoms with E-state index < -0.39 is 10.0 Å². The van der Waals surface area contributed by atoms with Crippen LogP contribution in [0.4, 0.5) is 10.5 Å². The van der Waals surface area contributed by atoms with Gasteiger partial charge in [-0.2, -0.15) is 0 Å². The molecule has 130 valence electrons. The first kappa shape index (κ1) is 18.0. The van der Waals surface area contributed by atoms with E-state index in [1.54, 1.807) is 31.6 Å². The summed E-state index contributed by atoms with van der Waals surface area (Å²) in [6.45, 7) is 2.96. The molecule has 0 saturated heterocycles. The maximum atomic E-state index is 11.9. The lowest BCUT2D eigenvalue weighted by Gasteiger charge is -2.11. The highest BCUT2D eigenvalue weighted by molar-refractivity contribution is 7.89. The molecule has 0 aliphatic carbocycles. The van der Waals surface area contributed by atoms with Crippen molar-refractivity contribution in [3.8, 4) is 0 Å². The highest BCUT2D eigenvalue weighted by Gasteiger charge is 2.15. The van der Waals surface area contributed by atoms with Crippen LogP contribution in [0.3, 0.4) is 0 Å². The molecular weight excluding hydrogens is 330 g/mol. The van der Waals surface area contributed by atoms with E-state index in [1.165, 1.54) is 13.1 Å². The molecule has 0 radical (unpaired) electrons. The summed E-state index contributed by atoms with van der Waals surface area (Å²) < 4.78 is 28.1. The molecule has 0 spiro atoms. The summed E-state index contributed by atoms with van der Waals surface area (Å²) >= 11 is 0. The smallest absolute Gasteiger partial charge is 0.319 e. The first-order valence-electron chi connectivity index (χ1n) is 7.47. The van der Waals surface area contributed by atoms with Crippen LogP contribution in [0.15, 0.2) is 41.8 Å². The Labute approximate surface area is 141 Å². The molecule has 9 heteroatoms. The summed E-state index contributed by atoms with van der Waals surface area (Å²) in [5.74, 6) is 0. The van der Waals surface area contributed by atoms with Crippen molar-refractivity contribution >= 4 is 21.7 Å². The van der Waals surface area contributed by atoms with E-state index in [1.807, 2.05) is 10.8 Å². The van der Waals surface area contributed by atoms with Crippen LogP contribution >= 0.6 is 0 Å². The largest absolute Gasteiger partial charge is 0.338 e. The summed E-state index contributed by atoms with van der Waals surface area (Å²) in [5, 5.41) is 5.37. The second-order valence-corrected chi connectivity index (χ2v) is 7.08. The van der Waals surface area contributed by atoms with Crippen LogP contribution in [0.25, 0.3) is 0 Å². The van der Waals surface area contributed by atoms with Gasteiger partial charge in [0, 0.05) is 31.2 Å². The molecule has 8 nitrogen and oxygen atoms in total. The molecule has 0 aliphatic heterocycles. The molecule has 0 atom stereocenters.